The normalized spacial score (nSPS) is 14.5. The minimum absolute atomic E-state index is 0.700. The first-order valence-corrected chi connectivity index (χ1v) is 7.42. The largest absolute Gasteiger partial charge is 0.330 e. The minimum atomic E-state index is 0.700. The molecule has 0 amide bonds. The maximum atomic E-state index is 5.58. The van der Waals surface area contributed by atoms with E-state index in [4.69, 9.17) is 5.73 Å². The van der Waals surface area contributed by atoms with Crippen molar-refractivity contribution in [2.75, 3.05) is 6.54 Å². The Balaban J connectivity index is 1.91. The number of aromatic nitrogens is 1. The topological polar surface area (TPSA) is 38.9 Å². The molecule has 0 spiro atoms. The first kappa shape index (κ1) is 11.9. The molecule has 0 unspecified atom stereocenters. The van der Waals surface area contributed by atoms with Crippen molar-refractivity contribution in [1.29, 1.82) is 0 Å². The van der Waals surface area contributed by atoms with Gasteiger partial charge < -0.3 is 5.73 Å². The third-order valence-corrected chi connectivity index (χ3v) is 4.44. The predicted molar refractivity (Wildman–Crippen MR) is 77.0 cm³/mol. The summed E-state index contributed by atoms with van der Waals surface area (Å²) < 4.78 is 4.54. The molecule has 0 saturated carbocycles. The van der Waals surface area contributed by atoms with Gasteiger partial charge in [0.2, 0.25) is 0 Å². The molecule has 2 nitrogen and oxygen atoms in total. The van der Waals surface area contributed by atoms with Gasteiger partial charge in [-0.15, -0.1) is 0 Å². The van der Waals surface area contributed by atoms with Crippen molar-refractivity contribution in [2.45, 2.75) is 32.1 Å². The van der Waals surface area contributed by atoms with Crippen molar-refractivity contribution in [3.8, 4) is 11.3 Å². The summed E-state index contributed by atoms with van der Waals surface area (Å²) in [5, 5.41) is 0. The summed E-state index contributed by atoms with van der Waals surface area (Å²) in [5.41, 5.74) is 11.0. The average Bonchev–Trinajstić information content (AvgIpc) is 2.87. The second kappa shape index (κ2) is 5.21. The lowest BCUT2D eigenvalue weighted by Crippen LogP contribution is -2.02. The quantitative estimate of drug-likeness (QED) is 0.918. The number of rotatable bonds is 3. The fourth-order valence-corrected chi connectivity index (χ4v) is 3.35. The highest BCUT2D eigenvalue weighted by atomic mass is 32.1. The van der Waals surface area contributed by atoms with E-state index in [1.54, 1.807) is 11.5 Å². The molecule has 18 heavy (non-hydrogen) atoms. The van der Waals surface area contributed by atoms with Crippen LogP contribution in [0.4, 0.5) is 0 Å². The fraction of sp³-hybridized carbons (Fsp3) is 0.400. The van der Waals surface area contributed by atoms with Crippen LogP contribution in [0.5, 0.6) is 0 Å². The Morgan fingerprint density at radius 1 is 1.11 bits per heavy atom. The molecule has 1 aromatic carbocycles. The molecule has 0 bridgehead atoms. The second-order valence-corrected chi connectivity index (χ2v) is 5.80. The van der Waals surface area contributed by atoms with E-state index in [-0.39, 0.29) is 0 Å². The molecule has 1 aliphatic rings. The van der Waals surface area contributed by atoms with Crippen molar-refractivity contribution in [2.24, 2.45) is 5.73 Å². The molecule has 0 radical (unpaired) electrons. The van der Waals surface area contributed by atoms with Gasteiger partial charge in [-0.1, -0.05) is 12.1 Å². The summed E-state index contributed by atoms with van der Waals surface area (Å²) in [7, 11) is 0. The molecule has 0 fully saturated rings. The highest BCUT2D eigenvalue weighted by molar-refractivity contribution is 7.06. The number of benzene rings is 1. The zero-order valence-electron chi connectivity index (χ0n) is 10.5. The molecule has 0 aliphatic heterocycles. The van der Waals surface area contributed by atoms with Crippen LogP contribution in [0, 0.1) is 0 Å². The van der Waals surface area contributed by atoms with Gasteiger partial charge in [0.1, 0.15) is 0 Å². The van der Waals surface area contributed by atoms with Crippen LogP contribution in [0.2, 0.25) is 0 Å². The summed E-state index contributed by atoms with van der Waals surface area (Å²) in [5.74, 6) is 0. The smallest absolute Gasteiger partial charge is 0.0843 e. The van der Waals surface area contributed by atoms with Crippen LogP contribution in [-0.4, -0.2) is 10.9 Å². The van der Waals surface area contributed by atoms with Crippen LogP contribution in [0.3, 0.4) is 0 Å². The maximum Gasteiger partial charge on any atom is 0.0843 e. The van der Waals surface area contributed by atoms with Crippen LogP contribution in [0.1, 0.15) is 28.8 Å². The summed E-state index contributed by atoms with van der Waals surface area (Å²) in [4.78, 5) is 1.28. The first-order chi connectivity index (χ1) is 8.86. The SMILES string of the molecule is NCCc1cc(-c2ccc3c(c2)CCCC3)ns1. The summed E-state index contributed by atoms with van der Waals surface area (Å²) >= 11 is 1.58. The zero-order valence-corrected chi connectivity index (χ0v) is 11.3. The molecule has 2 aromatic rings. The molecule has 1 aromatic heterocycles. The molecule has 0 atom stereocenters. The van der Waals surface area contributed by atoms with Gasteiger partial charge in [-0.25, -0.2) is 0 Å². The van der Waals surface area contributed by atoms with Gasteiger partial charge in [-0.2, -0.15) is 4.37 Å². The van der Waals surface area contributed by atoms with Gasteiger partial charge in [0.25, 0.3) is 0 Å². The molecule has 0 saturated heterocycles. The Bertz CT molecular complexity index is 545. The predicted octanol–water partition coefficient (Wildman–Crippen LogP) is 3.19. The van der Waals surface area contributed by atoms with Gasteiger partial charge in [-0.3, -0.25) is 0 Å². The number of fused-ring (bicyclic) bond motifs is 1. The average molecular weight is 258 g/mol. The number of hydrogen-bond donors (Lipinski definition) is 1. The van der Waals surface area contributed by atoms with E-state index < -0.39 is 0 Å². The third kappa shape index (κ3) is 2.33. The number of nitrogens with two attached hydrogens (primary N) is 1. The highest BCUT2D eigenvalue weighted by Crippen LogP contribution is 2.28. The molecule has 2 N–H and O–H groups in total. The molecular weight excluding hydrogens is 240 g/mol. The van der Waals surface area contributed by atoms with Crippen LogP contribution in [0.15, 0.2) is 24.3 Å². The van der Waals surface area contributed by atoms with Crippen LogP contribution in [0.25, 0.3) is 11.3 Å². The molecule has 1 aliphatic carbocycles. The fourth-order valence-electron chi connectivity index (χ4n) is 2.60. The van der Waals surface area contributed by atoms with Crippen LogP contribution < -0.4 is 5.73 Å². The molecule has 1 heterocycles. The van der Waals surface area contributed by atoms with Crippen LogP contribution in [-0.2, 0) is 19.3 Å². The van der Waals surface area contributed by atoms with E-state index >= 15 is 0 Å². The molecular formula is C15H18N2S. The molecule has 94 valence electrons. The van der Waals surface area contributed by atoms with E-state index in [1.165, 1.54) is 47.3 Å². The summed E-state index contributed by atoms with van der Waals surface area (Å²) in [6.45, 7) is 0.700. The van der Waals surface area contributed by atoms with Crippen molar-refractivity contribution >= 4 is 11.5 Å². The standard InChI is InChI=1S/C15H18N2S/c16-8-7-14-10-15(17-18-14)13-6-5-11-3-1-2-4-12(11)9-13/h5-6,9-10H,1-4,7-8,16H2. The van der Waals surface area contributed by atoms with E-state index in [9.17, 15) is 0 Å². The lowest BCUT2D eigenvalue weighted by molar-refractivity contribution is 0.686. The first-order valence-electron chi connectivity index (χ1n) is 6.64. The monoisotopic (exact) mass is 258 g/mol. The Morgan fingerprint density at radius 3 is 2.78 bits per heavy atom. The summed E-state index contributed by atoms with van der Waals surface area (Å²) in [6, 6.07) is 9.01. The van der Waals surface area contributed by atoms with Gasteiger partial charge in [-0.05, 0) is 73.4 Å². The van der Waals surface area contributed by atoms with E-state index in [1.807, 2.05) is 0 Å². The van der Waals surface area contributed by atoms with Gasteiger partial charge >= 0.3 is 0 Å². The molecule has 3 heteroatoms. The highest BCUT2D eigenvalue weighted by Gasteiger charge is 2.11. The van der Waals surface area contributed by atoms with E-state index in [2.05, 4.69) is 28.6 Å². The molecule has 3 rings (SSSR count). The number of aryl methyl sites for hydroxylation is 2. The summed E-state index contributed by atoms with van der Waals surface area (Å²) in [6.07, 6.45) is 6.06. The minimum Gasteiger partial charge on any atom is -0.330 e. The Labute approximate surface area is 112 Å². The van der Waals surface area contributed by atoms with Crippen molar-refractivity contribution in [3.05, 3.63) is 40.3 Å². The number of nitrogens with zero attached hydrogens (tertiary/aromatic N) is 1. The van der Waals surface area contributed by atoms with Crippen molar-refractivity contribution < 1.29 is 0 Å². The number of hydrogen-bond acceptors (Lipinski definition) is 3. The van der Waals surface area contributed by atoms with Crippen molar-refractivity contribution in [3.63, 3.8) is 0 Å². The zero-order chi connectivity index (χ0) is 12.4. The lowest BCUT2D eigenvalue weighted by Gasteiger charge is -2.15. The van der Waals surface area contributed by atoms with Crippen molar-refractivity contribution in [1.82, 2.24) is 4.37 Å². The lowest BCUT2D eigenvalue weighted by atomic mass is 9.90. The van der Waals surface area contributed by atoms with Gasteiger partial charge in [0.05, 0.1) is 5.69 Å². The Kier molecular flexibility index (Phi) is 3.43. The maximum absolute atomic E-state index is 5.58. The second-order valence-electron chi connectivity index (χ2n) is 4.91. The van der Waals surface area contributed by atoms with Crippen LogP contribution >= 0.6 is 11.5 Å². The third-order valence-electron chi connectivity index (χ3n) is 3.59. The Morgan fingerprint density at radius 2 is 1.94 bits per heavy atom. The van der Waals surface area contributed by atoms with Gasteiger partial charge in [0, 0.05) is 10.4 Å². The Hall–Kier alpha value is -1.19. The van der Waals surface area contributed by atoms with E-state index in [0.717, 1.165) is 12.1 Å². The van der Waals surface area contributed by atoms with E-state index in [0.29, 0.717) is 6.54 Å². The van der Waals surface area contributed by atoms with Gasteiger partial charge in [0.15, 0.2) is 0 Å².